The summed E-state index contributed by atoms with van der Waals surface area (Å²) in [6.07, 6.45) is 2.10. The molecule has 0 spiro atoms. The van der Waals surface area contributed by atoms with Crippen LogP contribution in [0.2, 0.25) is 0 Å². The van der Waals surface area contributed by atoms with E-state index in [1.165, 1.54) is 11.1 Å². The lowest BCUT2D eigenvalue weighted by Gasteiger charge is -2.14. The van der Waals surface area contributed by atoms with E-state index in [0.717, 1.165) is 78.5 Å². The maximum Gasteiger partial charge on any atom is 0.145 e. The molecule has 10 rings (SSSR count). The number of benzene rings is 7. The Labute approximate surface area is 313 Å². The van der Waals surface area contributed by atoms with Crippen LogP contribution in [0.3, 0.4) is 0 Å². The lowest BCUT2D eigenvalue weighted by atomic mass is 9.92. The highest BCUT2D eigenvalue weighted by Gasteiger charge is 2.18. The quantitative estimate of drug-likeness (QED) is 0.167. The van der Waals surface area contributed by atoms with Gasteiger partial charge in [-0.1, -0.05) is 140 Å². The van der Waals surface area contributed by atoms with Crippen LogP contribution in [0.1, 0.15) is 0 Å². The van der Waals surface area contributed by atoms with Crippen molar-refractivity contribution in [3.8, 4) is 73.0 Å². The lowest BCUT2D eigenvalue weighted by molar-refractivity contribution is 1.10. The molecule has 254 valence electrons. The minimum atomic E-state index is 0.923. The molecule has 0 saturated heterocycles. The van der Waals surface area contributed by atoms with Gasteiger partial charge in [0.15, 0.2) is 0 Å². The third-order valence-corrected chi connectivity index (χ3v) is 10.1. The van der Waals surface area contributed by atoms with Gasteiger partial charge in [-0.3, -0.25) is 8.97 Å². The van der Waals surface area contributed by atoms with Crippen molar-refractivity contribution in [2.45, 2.75) is 0 Å². The van der Waals surface area contributed by atoms with Crippen molar-refractivity contribution in [3.05, 3.63) is 206 Å². The molecule has 0 aliphatic rings. The van der Waals surface area contributed by atoms with Gasteiger partial charge in [0.25, 0.3) is 0 Å². The van der Waals surface area contributed by atoms with Crippen LogP contribution in [0.5, 0.6) is 0 Å². The second kappa shape index (κ2) is 13.4. The van der Waals surface area contributed by atoms with Gasteiger partial charge in [-0.25, -0.2) is 9.97 Å². The van der Waals surface area contributed by atoms with E-state index in [1.807, 2.05) is 24.3 Å². The van der Waals surface area contributed by atoms with Gasteiger partial charge < -0.3 is 0 Å². The predicted molar refractivity (Wildman–Crippen MR) is 222 cm³/mol. The first kappa shape index (κ1) is 31.4. The predicted octanol–water partition coefficient (Wildman–Crippen LogP) is 12.7. The molecule has 4 heteroatoms. The minimum absolute atomic E-state index is 0.923. The summed E-state index contributed by atoms with van der Waals surface area (Å²) in [4.78, 5) is 10.2. The van der Waals surface area contributed by atoms with Crippen LogP contribution >= 0.6 is 0 Å². The summed E-state index contributed by atoms with van der Waals surface area (Å²) in [6.45, 7) is 0. The number of pyridine rings is 1. The number of para-hydroxylation sites is 3. The molecule has 7 aromatic carbocycles. The van der Waals surface area contributed by atoms with E-state index < -0.39 is 0 Å². The van der Waals surface area contributed by atoms with Crippen molar-refractivity contribution in [3.63, 3.8) is 0 Å². The number of aromatic nitrogens is 4. The van der Waals surface area contributed by atoms with Crippen molar-refractivity contribution in [1.29, 1.82) is 0 Å². The first-order valence-corrected chi connectivity index (χ1v) is 18.2. The fourth-order valence-electron chi connectivity index (χ4n) is 7.54. The molecule has 3 heterocycles. The Hall–Kier alpha value is -7.30. The minimum Gasteiger partial charge on any atom is -0.299 e. The average molecular weight is 691 g/mol. The summed E-state index contributed by atoms with van der Waals surface area (Å²) >= 11 is 0. The van der Waals surface area contributed by atoms with Gasteiger partial charge in [0, 0.05) is 28.6 Å². The summed E-state index contributed by atoms with van der Waals surface area (Å²) in [7, 11) is 0. The summed E-state index contributed by atoms with van der Waals surface area (Å²) in [6, 6.07) is 70.7. The Morgan fingerprint density at radius 1 is 0.352 bits per heavy atom. The van der Waals surface area contributed by atoms with Crippen LogP contribution in [-0.4, -0.2) is 18.9 Å². The van der Waals surface area contributed by atoms with Crippen LogP contribution in [-0.2, 0) is 0 Å². The van der Waals surface area contributed by atoms with Crippen molar-refractivity contribution in [1.82, 2.24) is 18.9 Å². The van der Waals surface area contributed by atoms with Crippen LogP contribution < -0.4 is 0 Å². The molecule has 0 amide bonds. The van der Waals surface area contributed by atoms with Crippen LogP contribution in [0.25, 0.3) is 89.7 Å². The smallest absolute Gasteiger partial charge is 0.145 e. The number of hydrogen-bond donors (Lipinski definition) is 0. The number of imidazole rings is 2. The van der Waals surface area contributed by atoms with E-state index in [9.17, 15) is 0 Å². The highest BCUT2D eigenvalue weighted by Crippen LogP contribution is 2.38. The monoisotopic (exact) mass is 690 g/mol. The number of fused-ring (bicyclic) bond motifs is 2. The van der Waals surface area contributed by atoms with E-state index in [-0.39, 0.29) is 0 Å². The molecule has 3 aromatic heterocycles. The van der Waals surface area contributed by atoms with Crippen molar-refractivity contribution in [2.75, 3.05) is 0 Å². The van der Waals surface area contributed by atoms with E-state index in [4.69, 9.17) is 9.97 Å². The maximum atomic E-state index is 5.10. The van der Waals surface area contributed by atoms with Gasteiger partial charge in [-0.05, 0) is 94.0 Å². The van der Waals surface area contributed by atoms with Gasteiger partial charge in [-0.15, -0.1) is 0 Å². The highest BCUT2D eigenvalue weighted by atomic mass is 15.1. The van der Waals surface area contributed by atoms with Crippen LogP contribution in [0.15, 0.2) is 206 Å². The number of nitrogens with zero attached hydrogens (tertiary/aromatic N) is 4. The van der Waals surface area contributed by atoms with Crippen LogP contribution in [0, 0.1) is 0 Å². The fourth-order valence-corrected chi connectivity index (χ4v) is 7.54. The number of hydrogen-bond acceptors (Lipinski definition) is 2. The molecule has 0 fully saturated rings. The molecule has 0 atom stereocenters. The molecule has 54 heavy (non-hydrogen) atoms. The van der Waals surface area contributed by atoms with Gasteiger partial charge in [-0.2, -0.15) is 0 Å². The molecular weight excluding hydrogens is 657 g/mol. The average Bonchev–Trinajstić information content (AvgIpc) is 3.84. The molecule has 0 bridgehead atoms. The molecule has 0 unspecified atom stereocenters. The first-order chi connectivity index (χ1) is 26.8. The normalized spacial score (nSPS) is 11.3. The van der Waals surface area contributed by atoms with E-state index in [0.29, 0.717) is 0 Å². The molecule has 0 saturated carbocycles. The SMILES string of the molecule is c1ccc(-c2cc(-c3ccc(-c4nc5ccccc5n4-c4ccccc4)cc3)cc(-c3cccc(-c4c(-c5ccccc5)nc5ccccn45)c3)c2)cc1. The summed E-state index contributed by atoms with van der Waals surface area (Å²) in [5, 5.41) is 0. The fraction of sp³-hybridized carbons (Fsp3) is 0. The van der Waals surface area contributed by atoms with Gasteiger partial charge >= 0.3 is 0 Å². The Kier molecular flexibility index (Phi) is 7.77. The van der Waals surface area contributed by atoms with Crippen molar-refractivity contribution >= 4 is 16.7 Å². The molecule has 0 N–H and O–H groups in total. The molecule has 0 aliphatic heterocycles. The van der Waals surface area contributed by atoms with Crippen LogP contribution in [0.4, 0.5) is 0 Å². The molecule has 10 aromatic rings. The Balaban J connectivity index is 1.09. The van der Waals surface area contributed by atoms with E-state index >= 15 is 0 Å². The molecule has 4 nitrogen and oxygen atoms in total. The van der Waals surface area contributed by atoms with E-state index in [1.54, 1.807) is 0 Å². The van der Waals surface area contributed by atoms with Crippen molar-refractivity contribution < 1.29 is 0 Å². The summed E-state index contributed by atoms with van der Waals surface area (Å²) in [5.41, 5.74) is 16.3. The van der Waals surface area contributed by atoms with Gasteiger partial charge in [0.1, 0.15) is 11.5 Å². The highest BCUT2D eigenvalue weighted by molar-refractivity contribution is 5.87. The first-order valence-electron chi connectivity index (χ1n) is 18.2. The third-order valence-electron chi connectivity index (χ3n) is 10.1. The van der Waals surface area contributed by atoms with Gasteiger partial charge in [0.05, 0.1) is 22.4 Å². The molecule has 0 aliphatic carbocycles. The standard InChI is InChI=1S/C50H34N4/c1-4-15-35(16-5-1)41-32-42(36-26-28-38(29-27-36)50-51-45-23-10-11-24-46(45)54(50)44-21-8-3-9-22-44)34-43(33-41)39-19-14-20-40(31-39)49-48(37-17-6-2-7-18-37)52-47-25-12-13-30-53(47)49/h1-34H. The zero-order valence-electron chi connectivity index (χ0n) is 29.4. The van der Waals surface area contributed by atoms with Crippen molar-refractivity contribution in [2.24, 2.45) is 0 Å². The second-order valence-corrected chi connectivity index (χ2v) is 13.5. The van der Waals surface area contributed by atoms with E-state index in [2.05, 4.69) is 191 Å². The summed E-state index contributed by atoms with van der Waals surface area (Å²) in [5.74, 6) is 0.923. The largest absolute Gasteiger partial charge is 0.299 e. The zero-order chi connectivity index (χ0) is 35.8. The molecular formula is C50H34N4. The lowest BCUT2D eigenvalue weighted by Crippen LogP contribution is -1.97. The zero-order valence-corrected chi connectivity index (χ0v) is 29.4. The second-order valence-electron chi connectivity index (χ2n) is 13.5. The Morgan fingerprint density at radius 2 is 0.889 bits per heavy atom. The third kappa shape index (κ3) is 5.67. The molecule has 0 radical (unpaired) electrons. The summed E-state index contributed by atoms with van der Waals surface area (Å²) < 4.78 is 4.44. The topological polar surface area (TPSA) is 35.1 Å². The Morgan fingerprint density at radius 3 is 1.63 bits per heavy atom. The number of rotatable bonds is 7. The van der Waals surface area contributed by atoms with Gasteiger partial charge in [0.2, 0.25) is 0 Å². The maximum absolute atomic E-state index is 5.10. The Bertz CT molecular complexity index is 2910.